The van der Waals surface area contributed by atoms with Gasteiger partial charge in [0.2, 0.25) is 0 Å². The first-order chi connectivity index (χ1) is 7.15. The number of carbonyl (C=O) groups is 1. The highest BCUT2D eigenvalue weighted by molar-refractivity contribution is 5.94. The second-order valence-electron chi connectivity index (χ2n) is 3.28. The van der Waals surface area contributed by atoms with Crippen molar-refractivity contribution in [1.29, 1.82) is 0 Å². The van der Waals surface area contributed by atoms with Crippen molar-refractivity contribution in [3.8, 4) is 5.75 Å². The molecular weight excluding hydrogens is 194 g/mol. The van der Waals surface area contributed by atoms with E-state index in [9.17, 15) is 4.79 Å². The van der Waals surface area contributed by atoms with Gasteiger partial charge in [0, 0.05) is 26.8 Å². The monoisotopic (exact) mass is 209 g/mol. The smallest absolute Gasteiger partial charge is 0.253 e. The minimum absolute atomic E-state index is 0.0436. The van der Waals surface area contributed by atoms with Crippen LogP contribution in [0.4, 0.5) is 0 Å². The molecule has 82 valence electrons. The Morgan fingerprint density at radius 3 is 2.73 bits per heavy atom. The van der Waals surface area contributed by atoms with Crippen molar-refractivity contribution >= 4 is 5.91 Å². The van der Waals surface area contributed by atoms with Gasteiger partial charge in [0.05, 0.1) is 0 Å². The van der Waals surface area contributed by atoms with E-state index < -0.39 is 0 Å². The van der Waals surface area contributed by atoms with E-state index in [4.69, 9.17) is 9.47 Å². The lowest BCUT2D eigenvalue weighted by molar-refractivity contribution is 0.0509. The summed E-state index contributed by atoms with van der Waals surface area (Å²) in [5, 5.41) is 0. The van der Waals surface area contributed by atoms with Gasteiger partial charge in [-0.1, -0.05) is 6.07 Å². The highest BCUT2D eigenvalue weighted by Crippen LogP contribution is 2.14. The summed E-state index contributed by atoms with van der Waals surface area (Å²) in [4.78, 5) is 13.1. The summed E-state index contributed by atoms with van der Waals surface area (Å²) in [6.07, 6.45) is 0. The number of hydrogen-bond acceptors (Lipinski definition) is 3. The molecule has 0 aliphatic carbocycles. The lowest BCUT2D eigenvalue weighted by Crippen LogP contribution is -2.21. The average Bonchev–Trinajstić information content (AvgIpc) is 2.25. The van der Waals surface area contributed by atoms with Gasteiger partial charge in [-0.05, 0) is 18.2 Å². The molecule has 0 bridgehead atoms. The zero-order valence-electron chi connectivity index (χ0n) is 9.19. The maximum Gasteiger partial charge on any atom is 0.253 e. The highest BCUT2D eigenvalue weighted by Gasteiger charge is 2.08. The molecule has 1 rings (SSSR count). The molecule has 0 aliphatic rings. The molecule has 0 atom stereocenters. The van der Waals surface area contributed by atoms with Gasteiger partial charge < -0.3 is 14.4 Å². The van der Waals surface area contributed by atoms with Crippen molar-refractivity contribution in [1.82, 2.24) is 4.90 Å². The Morgan fingerprint density at radius 2 is 2.13 bits per heavy atom. The Morgan fingerprint density at radius 1 is 1.40 bits per heavy atom. The predicted molar refractivity (Wildman–Crippen MR) is 57.0 cm³/mol. The fourth-order valence-corrected chi connectivity index (χ4v) is 1.10. The number of rotatable bonds is 4. The molecule has 4 nitrogen and oxygen atoms in total. The van der Waals surface area contributed by atoms with Gasteiger partial charge in [-0.15, -0.1) is 0 Å². The van der Waals surface area contributed by atoms with Gasteiger partial charge in [-0.25, -0.2) is 0 Å². The molecule has 0 heterocycles. The van der Waals surface area contributed by atoms with Gasteiger partial charge in [-0.3, -0.25) is 4.79 Å². The van der Waals surface area contributed by atoms with E-state index in [1.807, 2.05) is 0 Å². The minimum atomic E-state index is -0.0436. The van der Waals surface area contributed by atoms with Gasteiger partial charge in [0.25, 0.3) is 5.91 Å². The second-order valence-corrected chi connectivity index (χ2v) is 3.28. The second kappa shape index (κ2) is 5.36. The quantitative estimate of drug-likeness (QED) is 0.703. The van der Waals surface area contributed by atoms with E-state index in [1.165, 1.54) is 4.90 Å². The fourth-order valence-electron chi connectivity index (χ4n) is 1.10. The Bertz CT molecular complexity index is 336. The predicted octanol–water partition coefficient (Wildman–Crippen LogP) is 1.37. The molecule has 0 aliphatic heterocycles. The zero-order chi connectivity index (χ0) is 11.3. The van der Waals surface area contributed by atoms with E-state index in [0.717, 1.165) is 0 Å². The van der Waals surface area contributed by atoms with E-state index in [0.29, 0.717) is 11.3 Å². The normalized spacial score (nSPS) is 9.80. The van der Waals surface area contributed by atoms with Crippen LogP contribution >= 0.6 is 0 Å². The van der Waals surface area contributed by atoms with Crippen molar-refractivity contribution in [2.45, 2.75) is 0 Å². The standard InChI is InChI=1S/C11H15NO3/c1-12(2)11(13)9-5-4-6-10(7-9)15-8-14-3/h4-7H,8H2,1-3H3. The summed E-state index contributed by atoms with van der Waals surface area (Å²) < 4.78 is 10.0. The van der Waals surface area contributed by atoms with Crippen molar-refractivity contribution < 1.29 is 14.3 Å². The summed E-state index contributed by atoms with van der Waals surface area (Å²) in [5.74, 6) is 0.586. The third-order valence-corrected chi connectivity index (χ3v) is 1.83. The van der Waals surface area contributed by atoms with Crippen molar-refractivity contribution in [3.05, 3.63) is 29.8 Å². The summed E-state index contributed by atoms with van der Waals surface area (Å²) in [6, 6.07) is 7.01. The maximum atomic E-state index is 11.6. The number of hydrogen-bond donors (Lipinski definition) is 0. The van der Waals surface area contributed by atoms with Gasteiger partial charge >= 0.3 is 0 Å². The minimum Gasteiger partial charge on any atom is -0.468 e. The zero-order valence-corrected chi connectivity index (χ0v) is 9.19. The number of carbonyl (C=O) groups excluding carboxylic acids is 1. The van der Waals surface area contributed by atoms with E-state index in [-0.39, 0.29) is 12.7 Å². The molecule has 0 aromatic heterocycles. The molecule has 1 aromatic rings. The van der Waals surface area contributed by atoms with Crippen LogP contribution in [0.3, 0.4) is 0 Å². The molecule has 0 radical (unpaired) electrons. The highest BCUT2D eigenvalue weighted by atomic mass is 16.7. The number of nitrogens with zero attached hydrogens (tertiary/aromatic N) is 1. The van der Waals surface area contributed by atoms with Gasteiger partial charge in [-0.2, -0.15) is 0 Å². The Labute approximate surface area is 89.4 Å². The molecular formula is C11H15NO3. The molecule has 0 unspecified atom stereocenters. The summed E-state index contributed by atoms with van der Waals surface area (Å²) in [5.41, 5.74) is 0.605. The number of ether oxygens (including phenoxy) is 2. The van der Waals surface area contributed by atoms with Crippen LogP contribution < -0.4 is 4.74 Å². The summed E-state index contributed by atoms with van der Waals surface area (Å²) >= 11 is 0. The summed E-state index contributed by atoms with van der Waals surface area (Å²) in [7, 11) is 4.98. The molecule has 0 saturated carbocycles. The largest absolute Gasteiger partial charge is 0.468 e. The van der Waals surface area contributed by atoms with Crippen LogP contribution in [0, 0.1) is 0 Å². The molecule has 0 spiro atoms. The van der Waals surface area contributed by atoms with Crippen LogP contribution in [-0.4, -0.2) is 38.8 Å². The topological polar surface area (TPSA) is 38.8 Å². The Kier molecular flexibility index (Phi) is 4.12. The first-order valence-electron chi connectivity index (χ1n) is 4.58. The first kappa shape index (κ1) is 11.5. The molecule has 0 saturated heterocycles. The molecule has 15 heavy (non-hydrogen) atoms. The van der Waals surface area contributed by atoms with Crippen LogP contribution in [-0.2, 0) is 4.74 Å². The van der Waals surface area contributed by atoms with Crippen LogP contribution in [0.5, 0.6) is 5.75 Å². The van der Waals surface area contributed by atoms with Gasteiger partial charge in [0.15, 0.2) is 6.79 Å². The average molecular weight is 209 g/mol. The SMILES string of the molecule is COCOc1cccc(C(=O)N(C)C)c1. The van der Waals surface area contributed by atoms with Crippen molar-refractivity contribution in [2.75, 3.05) is 28.0 Å². The Hall–Kier alpha value is -1.55. The fraction of sp³-hybridized carbons (Fsp3) is 0.364. The van der Waals surface area contributed by atoms with Gasteiger partial charge in [0.1, 0.15) is 5.75 Å². The van der Waals surface area contributed by atoms with E-state index >= 15 is 0 Å². The van der Waals surface area contributed by atoms with Crippen LogP contribution in [0.15, 0.2) is 24.3 Å². The van der Waals surface area contributed by atoms with Crippen molar-refractivity contribution in [2.24, 2.45) is 0 Å². The molecule has 0 N–H and O–H groups in total. The third-order valence-electron chi connectivity index (χ3n) is 1.83. The lowest BCUT2D eigenvalue weighted by Gasteiger charge is -2.11. The molecule has 0 fully saturated rings. The maximum absolute atomic E-state index is 11.6. The summed E-state index contributed by atoms with van der Waals surface area (Å²) in [6.45, 7) is 0.180. The molecule has 1 aromatic carbocycles. The van der Waals surface area contributed by atoms with Crippen LogP contribution in [0.1, 0.15) is 10.4 Å². The Balaban J connectivity index is 2.78. The lowest BCUT2D eigenvalue weighted by atomic mass is 10.2. The van der Waals surface area contributed by atoms with E-state index in [1.54, 1.807) is 45.5 Å². The van der Waals surface area contributed by atoms with Crippen molar-refractivity contribution in [3.63, 3.8) is 0 Å². The molecule has 1 amide bonds. The molecule has 4 heteroatoms. The number of amides is 1. The third kappa shape index (κ3) is 3.25. The number of methoxy groups -OCH3 is 1. The van der Waals surface area contributed by atoms with E-state index in [2.05, 4.69) is 0 Å². The first-order valence-corrected chi connectivity index (χ1v) is 4.58. The van der Waals surface area contributed by atoms with Crippen LogP contribution in [0.25, 0.3) is 0 Å². The van der Waals surface area contributed by atoms with Crippen LogP contribution in [0.2, 0.25) is 0 Å². The number of benzene rings is 1.